The minimum atomic E-state index is -0.772. The quantitative estimate of drug-likeness (QED) is 0.0373. The maximum Gasteiger partial charge on any atom is 0.306 e. The lowest BCUT2D eigenvalue weighted by Crippen LogP contribution is -2.28. The summed E-state index contributed by atoms with van der Waals surface area (Å²) in [5.41, 5.74) is 0. The Hall–Kier alpha value is -2.92. The van der Waals surface area contributed by atoms with Gasteiger partial charge < -0.3 is 14.6 Å². The van der Waals surface area contributed by atoms with Crippen LogP contribution in [0.25, 0.3) is 0 Å². The van der Waals surface area contributed by atoms with Crippen molar-refractivity contribution in [3.05, 3.63) is 85.1 Å². The zero-order valence-electron chi connectivity index (χ0n) is 47.0. The van der Waals surface area contributed by atoms with Gasteiger partial charge in [0.25, 0.3) is 0 Å². The smallest absolute Gasteiger partial charge is 0.306 e. The second-order valence-electron chi connectivity index (χ2n) is 20.4. The Kier molecular flexibility index (Phi) is 58.9. The van der Waals surface area contributed by atoms with E-state index < -0.39 is 6.10 Å². The average Bonchev–Trinajstić information content (AvgIpc) is 3.37. The van der Waals surface area contributed by atoms with E-state index in [1.807, 2.05) is 0 Å². The zero-order valence-corrected chi connectivity index (χ0v) is 47.0. The summed E-state index contributed by atoms with van der Waals surface area (Å²) in [6.45, 7) is 4.06. The van der Waals surface area contributed by atoms with Gasteiger partial charge in [-0.25, -0.2) is 0 Å². The number of unbranched alkanes of at least 4 members (excludes halogenated alkanes) is 34. The van der Waals surface area contributed by atoms with Crippen molar-refractivity contribution in [2.45, 2.75) is 309 Å². The number of esters is 2. The van der Waals surface area contributed by atoms with Gasteiger partial charge in [0.2, 0.25) is 0 Å². The first kappa shape index (κ1) is 68.1. The molecule has 410 valence electrons. The van der Waals surface area contributed by atoms with E-state index in [2.05, 4.69) is 98.9 Å². The Balaban J connectivity index is 3.46. The Labute approximate surface area is 441 Å². The number of carbonyl (C=O) groups is 2. The average molecular weight is 990 g/mol. The number of aliphatic hydroxyl groups excluding tert-OH is 1. The first-order valence-corrected chi connectivity index (χ1v) is 30.6. The Morgan fingerprint density at radius 3 is 0.915 bits per heavy atom. The molecular weight excluding hydrogens is 873 g/mol. The third kappa shape index (κ3) is 59.5. The summed E-state index contributed by atoms with van der Waals surface area (Å²) < 4.78 is 10.7. The number of rotatable bonds is 56. The monoisotopic (exact) mass is 989 g/mol. The second kappa shape index (κ2) is 61.4. The van der Waals surface area contributed by atoms with Gasteiger partial charge in [0.1, 0.15) is 6.61 Å². The molecule has 0 radical (unpaired) electrons. The minimum Gasteiger partial charge on any atom is -0.462 e. The molecule has 0 saturated heterocycles. The van der Waals surface area contributed by atoms with E-state index in [-0.39, 0.29) is 25.2 Å². The molecule has 71 heavy (non-hydrogen) atoms. The number of hydrogen-bond acceptors (Lipinski definition) is 5. The topological polar surface area (TPSA) is 72.8 Å². The first-order chi connectivity index (χ1) is 35.1. The fraction of sp³-hybridized carbons (Fsp3) is 0.758. The molecule has 0 aliphatic heterocycles. The molecule has 0 heterocycles. The predicted octanol–water partition coefficient (Wildman–Crippen LogP) is 20.9. The van der Waals surface area contributed by atoms with Crippen molar-refractivity contribution in [3.8, 4) is 0 Å². The highest BCUT2D eigenvalue weighted by Gasteiger charge is 2.16. The maximum absolute atomic E-state index is 12.3. The molecule has 5 heteroatoms. The standard InChI is InChI=1S/C66H116O5/c1-3-5-7-9-11-13-15-17-19-21-23-24-25-26-27-28-29-30-31-32-33-34-35-36-37-38-39-40-41-42-43-45-47-49-51-53-55-57-59-61-66(69)71-64(62-67)63-70-65(68)60-58-56-54-52-50-48-46-44-22-20-18-16-14-12-10-8-6-4-2/h5,7,11,13,17,19,23-24,26-27,29-30,32-33,64,67H,3-4,6,8-10,12,14-16,18,20-22,25,28,31,34-63H2,1-2H3/b7-5-,13-11-,19-17-,24-23-,27-26-,30-29-,33-32-. The predicted molar refractivity (Wildman–Crippen MR) is 311 cm³/mol. The third-order valence-electron chi connectivity index (χ3n) is 13.5. The molecule has 1 N–H and O–H groups in total. The van der Waals surface area contributed by atoms with E-state index >= 15 is 0 Å². The second-order valence-corrected chi connectivity index (χ2v) is 20.4. The molecule has 0 saturated carbocycles. The zero-order chi connectivity index (χ0) is 51.3. The van der Waals surface area contributed by atoms with E-state index in [1.165, 1.54) is 193 Å². The van der Waals surface area contributed by atoms with Gasteiger partial charge >= 0.3 is 11.9 Å². The molecule has 0 aromatic rings. The maximum atomic E-state index is 12.3. The molecule has 0 amide bonds. The van der Waals surface area contributed by atoms with E-state index in [1.54, 1.807) is 0 Å². The summed E-state index contributed by atoms with van der Waals surface area (Å²) in [5.74, 6) is -0.576. The van der Waals surface area contributed by atoms with Crippen LogP contribution < -0.4 is 0 Å². The molecule has 5 nitrogen and oxygen atoms in total. The normalized spacial score (nSPS) is 12.8. The van der Waals surface area contributed by atoms with Crippen molar-refractivity contribution in [2.24, 2.45) is 0 Å². The fourth-order valence-electron chi connectivity index (χ4n) is 8.89. The van der Waals surface area contributed by atoms with Crippen LogP contribution in [0.15, 0.2) is 85.1 Å². The number of allylic oxidation sites excluding steroid dienone is 14. The number of aliphatic hydroxyl groups is 1. The molecule has 1 atom stereocenters. The van der Waals surface area contributed by atoms with Crippen molar-refractivity contribution in [1.29, 1.82) is 0 Å². The van der Waals surface area contributed by atoms with Gasteiger partial charge in [-0.05, 0) is 70.6 Å². The number of hydrogen-bond donors (Lipinski definition) is 1. The lowest BCUT2D eigenvalue weighted by molar-refractivity contribution is -0.161. The van der Waals surface area contributed by atoms with Crippen LogP contribution in [0.3, 0.4) is 0 Å². The number of carbonyl (C=O) groups excluding carboxylic acids is 2. The van der Waals surface area contributed by atoms with E-state index in [0.717, 1.165) is 83.5 Å². The fourth-order valence-corrected chi connectivity index (χ4v) is 8.89. The van der Waals surface area contributed by atoms with Gasteiger partial charge in [0.15, 0.2) is 6.10 Å². The van der Waals surface area contributed by atoms with Crippen LogP contribution in [0.5, 0.6) is 0 Å². The van der Waals surface area contributed by atoms with E-state index in [4.69, 9.17) is 9.47 Å². The van der Waals surface area contributed by atoms with Gasteiger partial charge in [0.05, 0.1) is 6.61 Å². The minimum absolute atomic E-state index is 0.0626. The van der Waals surface area contributed by atoms with Crippen LogP contribution in [0.1, 0.15) is 303 Å². The van der Waals surface area contributed by atoms with Gasteiger partial charge in [-0.15, -0.1) is 0 Å². The summed E-state index contributed by atoms with van der Waals surface area (Å²) in [6.07, 6.45) is 85.8. The highest BCUT2D eigenvalue weighted by molar-refractivity contribution is 5.70. The molecule has 0 spiro atoms. The van der Waals surface area contributed by atoms with Crippen molar-refractivity contribution in [2.75, 3.05) is 13.2 Å². The summed E-state index contributed by atoms with van der Waals surface area (Å²) in [4.78, 5) is 24.5. The highest BCUT2D eigenvalue weighted by Crippen LogP contribution is 2.17. The molecule has 0 aromatic carbocycles. The van der Waals surface area contributed by atoms with Gasteiger partial charge in [0, 0.05) is 12.8 Å². The number of ether oxygens (including phenoxy) is 2. The van der Waals surface area contributed by atoms with Crippen molar-refractivity contribution >= 4 is 11.9 Å². The van der Waals surface area contributed by atoms with Crippen LogP contribution in [-0.2, 0) is 19.1 Å². The summed E-state index contributed by atoms with van der Waals surface area (Å²) in [5, 5.41) is 9.66. The molecule has 0 aliphatic rings. The first-order valence-electron chi connectivity index (χ1n) is 30.6. The Bertz CT molecular complexity index is 1300. The van der Waals surface area contributed by atoms with Crippen LogP contribution in [0.4, 0.5) is 0 Å². The molecule has 1 unspecified atom stereocenters. The van der Waals surface area contributed by atoms with E-state index in [0.29, 0.717) is 12.8 Å². The summed E-state index contributed by atoms with van der Waals surface area (Å²) in [7, 11) is 0. The van der Waals surface area contributed by atoms with Gasteiger partial charge in [-0.1, -0.05) is 304 Å². The van der Waals surface area contributed by atoms with E-state index in [9.17, 15) is 14.7 Å². The Morgan fingerprint density at radius 2 is 0.606 bits per heavy atom. The lowest BCUT2D eigenvalue weighted by Gasteiger charge is -2.15. The molecule has 0 bridgehead atoms. The molecule has 0 aromatic heterocycles. The van der Waals surface area contributed by atoms with Crippen LogP contribution in [-0.4, -0.2) is 36.4 Å². The highest BCUT2D eigenvalue weighted by atomic mass is 16.6. The molecule has 0 rings (SSSR count). The van der Waals surface area contributed by atoms with Crippen LogP contribution in [0, 0.1) is 0 Å². The van der Waals surface area contributed by atoms with Crippen molar-refractivity contribution < 1.29 is 24.2 Å². The van der Waals surface area contributed by atoms with Crippen LogP contribution >= 0.6 is 0 Å². The molecule has 0 aliphatic carbocycles. The van der Waals surface area contributed by atoms with Gasteiger partial charge in [-0.3, -0.25) is 9.59 Å². The van der Waals surface area contributed by atoms with Crippen LogP contribution in [0.2, 0.25) is 0 Å². The summed E-state index contributed by atoms with van der Waals surface area (Å²) in [6, 6.07) is 0. The SMILES string of the molecule is CC/C=C\C/C=C\C/C=C\C/C=C\C/C=C\C/C=C\C/C=C\CCCCCCCCCCCCCCCCCCCC(=O)OC(CO)COC(=O)CCCCCCCCCCCCCCCCCCCC. The molecule has 0 fully saturated rings. The lowest BCUT2D eigenvalue weighted by atomic mass is 10.0. The van der Waals surface area contributed by atoms with Gasteiger partial charge in [-0.2, -0.15) is 0 Å². The van der Waals surface area contributed by atoms with Crippen molar-refractivity contribution in [1.82, 2.24) is 0 Å². The molecular formula is C66H116O5. The third-order valence-corrected chi connectivity index (χ3v) is 13.5. The summed E-state index contributed by atoms with van der Waals surface area (Å²) >= 11 is 0. The largest absolute Gasteiger partial charge is 0.462 e. The van der Waals surface area contributed by atoms with Crippen molar-refractivity contribution in [3.63, 3.8) is 0 Å². The Morgan fingerprint density at radius 1 is 0.338 bits per heavy atom.